The van der Waals surface area contributed by atoms with Crippen LogP contribution in [0.4, 0.5) is 10.1 Å². The molecule has 230 valence electrons. The molecular formula is C37H33Cl2FN2O3. The first kappa shape index (κ1) is 30.0. The fourth-order valence-electron chi connectivity index (χ4n) is 7.98. The number of amides is 1. The Morgan fingerprint density at radius 1 is 0.867 bits per heavy atom. The van der Waals surface area contributed by atoms with Gasteiger partial charge in [0.15, 0.2) is 0 Å². The quantitative estimate of drug-likeness (QED) is 0.226. The third-order valence-corrected chi connectivity index (χ3v) is 10.1. The molecule has 4 aromatic rings. The van der Waals surface area contributed by atoms with Crippen molar-refractivity contribution in [2.45, 2.75) is 62.8 Å². The van der Waals surface area contributed by atoms with E-state index in [0.29, 0.717) is 22.7 Å². The maximum atomic E-state index is 16.3. The van der Waals surface area contributed by atoms with Crippen molar-refractivity contribution in [1.82, 2.24) is 4.90 Å². The third-order valence-electron chi connectivity index (χ3n) is 9.55. The second kappa shape index (κ2) is 11.0. The number of nitrogens with zero attached hydrogens (tertiary/aromatic N) is 1. The SMILES string of the molecule is CC(C)(C)C[C@@H]1N2[C@H](C(=O)O[C@H](c3ccccc3)[C@@H]2c2ccccc2)[C@@H](c2cccc(Cl)c2F)[C@]12C(=O)Nc1cc(Cl)ccc12. The maximum absolute atomic E-state index is 16.3. The Bertz CT molecular complexity index is 1790. The summed E-state index contributed by atoms with van der Waals surface area (Å²) in [4.78, 5) is 31.5. The molecule has 3 aliphatic rings. The van der Waals surface area contributed by atoms with Crippen LogP contribution in [0.2, 0.25) is 10.0 Å². The number of esters is 1. The zero-order valence-corrected chi connectivity index (χ0v) is 26.6. The molecule has 0 radical (unpaired) electrons. The number of cyclic esters (lactones) is 1. The molecule has 6 atom stereocenters. The number of carbonyl (C=O) groups is 2. The van der Waals surface area contributed by atoms with E-state index in [1.807, 2.05) is 66.7 Å². The fourth-order valence-corrected chi connectivity index (χ4v) is 8.33. The first-order valence-corrected chi connectivity index (χ1v) is 15.9. The highest BCUT2D eigenvalue weighted by Gasteiger charge is 2.72. The van der Waals surface area contributed by atoms with Gasteiger partial charge in [0.25, 0.3) is 0 Å². The molecule has 0 aliphatic carbocycles. The van der Waals surface area contributed by atoms with Crippen LogP contribution in [-0.4, -0.2) is 28.9 Å². The summed E-state index contributed by atoms with van der Waals surface area (Å²) >= 11 is 12.8. The molecule has 8 heteroatoms. The van der Waals surface area contributed by atoms with Crippen molar-refractivity contribution in [3.63, 3.8) is 0 Å². The summed E-state index contributed by atoms with van der Waals surface area (Å²) in [5, 5.41) is 3.47. The monoisotopic (exact) mass is 642 g/mol. The lowest BCUT2D eigenvalue weighted by molar-refractivity contribution is -0.176. The van der Waals surface area contributed by atoms with Crippen molar-refractivity contribution >= 4 is 40.8 Å². The lowest BCUT2D eigenvalue weighted by Gasteiger charge is -2.47. The van der Waals surface area contributed by atoms with E-state index in [2.05, 4.69) is 31.0 Å². The Morgan fingerprint density at radius 2 is 1.53 bits per heavy atom. The second-order valence-corrected chi connectivity index (χ2v) is 14.3. The summed E-state index contributed by atoms with van der Waals surface area (Å²) < 4.78 is 22.7. The molecule has 5 nitrogen and oxygen atoms in total. The predicted molar refractivity (Wildman–Crippen MR) is 174 cm³/mol. The molecule has 0 unspecified atom stereocenters. The normalized spacial score (nSPS) is 27.6. The number of nitrogens with one attached hydrogen (secondary N) is 1. The van der Waals surface area contributed by atoms with Gasteiger partial charge < -0.3 is 10.1 Å². The molecule has 1 spiro atoms. The van der Waals surface area contributed by atoms with Crippen molar-refractivity contribution in [1.29, 1.82) is 0 Å². The fraction of sp³-hybridized carbons (Fsp3) is 0.297. The number of halogens is 3. The van der Waals surface area contributed by atoms with E-state index in [1.165, 1.54) is 6.07 Å². The molecule has 0 bridgehead atoms. The van der Waals surface area contributed by atoms with Crippen LogP contribution in [0, 0.1) is 11.2 Å². The number of fused-ring (bicyclic) bond motifs is 3. The Balaban J connectivity index is 1.58. The zero-order chi connectivity index (χ0) is 31.7. The zero-order valence-electron chi connectivity index (χ0n) is 25.1. The van der Waals surface area contributed by atoms with Crippen LogP contribution in [0.25, 0.3) is 0 Å². The maximum Gasteiger partial charge on any atom is 0.324 e. The molecule has 1 amide bonds. The van der Waals surface area contributed by atoms with Gasteiger partial charge in [0.1, 0.15) is 23.4 Å². The molecule has 45 heavy (non-hydrogen) atoms. The molecule has 7 rings (SSSR count). The summed E-state index contributed by atoms with van der Waals surface area (Å²) in [6.45, 7) is 6.35. The molecule has 1 N–H and O–H groups in total. The Labute approximate surface area is 272 Å². The summed E-state index contributed by atoms with van der Waals surface area (Å²) in [7, 11) is 0. The van der Waals surface area contributed by atoms with Gasteiger partial charge in [-0.1, -0.05) is 123 Å². The van der Waals surface area contributed by atoms with Gasteiger partial charge in [0.2, 0.25) is 5.91 Å². The van der Waals surface area contributed by atoms with Crippen molar-refractivity contribution in [2.75, 3.05) is 5.32 Å². The summed E-state index contributed by atoms with van der Waals surface area (Å²) in [5.41, 5.74) is 1.55. The van der Waals surface area contributed by atoms with Crippen LogP contribution in [0.15, 0.2) is 97.1 Å². The number of hydrogen-bond donors (Lipinski definition) is 1. The average molecular weight is 644 g/mol. The van der Waals surface area contributed by atoms with Gasteiger partial charge in [0, 0.05) is 22.7 Å². The molecule has 0 aromatic heterocycles. The van der Waals surface area contributed by atoms with Crippen LogP contribution >= 0.6 is 23.2 Å². The third kappa shape index (κ3) is 4.68. The summed E-state index contributed by atoms with van der Waals surface area (Å²) in [6.07, 6.45) is -0.149. The van der Waals surface area contributed by atoms with Crippen LogP contribution in [0.5, 0.6) is 0 Å². The average Bonchev–Trinajstić information content (AvgIpc) is 3.46. The highest BCUT2D eigenvalue weighted by molar-refractivity contribution is 6.31. The lowest BCUT2D eigenvalue weighted by atomic mass is 9.62. The van der Waals surface area contributed by atoms with Crippen molar-refractivity contribution < 1.29 is 18.7 Å². The van der Waals surface area contributed by atoms with E-state index in [0.717, 1.165) is 11.1 Å². The molecule has 0 saturated carbocycles. The Morgan fingerprint density at radius 3 is 2.20 bits per heavy atom. The van der Waals surface area contributed by atoms with Gasteiger partial charge in [-0.2, -0.15) is 0 Å². The summed E-state index contributed by atoms with van der Waals surface area (Å²) in [6, 6.07) is 27.7. The van der Waals surface area contributed by atoms with Crippen molar-refractivity contribution in [2.24, 2.45) is 5.41 Å². The Hall–Kier alpha value is -3.71. The minimum absolute atomic E-state index is 0.0749. The predicted octanol–water partition coefficient (Wildman–Crippen LogP) is 8.63. The molecule has 4 aromatic carbocycles. The Kier molecular flexibility index (Phi) is 7.31. The molecular weight excluding hydrogens is 610 g/mol. The molecule has 2 fully saturated rings. The van der Waals surface area contributed by atoms with E-state index in [9.17, 15) is 9.59 Å². The van der Waals surface area contributed by atoms with E-state index < -0.39 is 47.3 Å². The lowest BCUT2D eigenvalue weighted by Crippen LogP contribution is -2.54. The van der Waals surface area contributed by atoms with E-state index in [1.54, 1.807) is 24.3 Å². The number of rotatable bonds is 4. The first-order valence-electron chi connectivity index (χ1n) is 15.2. The van der Waals surface area contributed by atoms with Crippen molar-refractivity contribution in [3.05, 3.63) is 135 Å². The highest BCUT2D eigenvalue weighted by Crippen LogP contribution is 2.64. The van der Waals surface area contributed by atoms with Gasteiger partial charge >= 0.3 is 5.97 Å². The number of hydrogen-bond acceptors (Lipinski definition) is 4. The van der Waals surface area contributed by atoms with Gasteiger partial charge in [0.05, 0.1) is 11.1 Å². The number of morpholine rings is 1. The largest absolute Gasteiger partial charge is 0.454 e. The second-order valence-electron chi connectivity index (χ2n) is 13.4. The minimum atomic E-state index is -1.37. The molecule has 3 heterocycles. The number of carbonyl (C=O) groups excluding carboxylic acids is 2. The molecule has 2 saturated heterocycles. The van der Waals surface area contributed by atoms with Crippen LogP contribution in [-0.2, 0) is 19.7 Å². The van der Waals surface area contributed by atoms with E-state index in [-0.39, 0.29) is 21.9 Å². The van der Waals surface area contributed by atoms with Crippen LogP contribution in [0.3, 0.4) is 0 Å². The first-order chi connectivity index (χ1) is 21.5. The number of ether oxygens (including phenoxy) is 1. The van der Waals surface area contributed by atoms with Gasteiger partial charge in [-0.05, 0) is 52.3 Å². The van der Waals surface area contributed by atoms with Gasteiger partial charge in [-0.3, -0.25) is 14.5 Å². The standard InChI is InChI=1S/C37H33Cl2FN2O3/c1-36(2,3)20-28-37(25-18-17-23(38)19-27(25)41-35(37)44)29(24-15-10-16-26(39)30(24)40)32-34(43)45-33(22-13-8-5-9-14-22)31(42(28)32)21-11-6-4-7-12-21/h4-19,28-29,31-33H,20H2,1-3H3,(H,41,44)/t28-,29+,31-,32-,33+,37+/m0/s1. The van der Waals surface area contributed by atoms with Gasteiger partial charge in [-0.15, -0.1) is 0 Å². The van der Waals surface area contributed by atoms with Crippen LogP contribution < -0.4 is 5.32 Å². The van der Waals surface area contributed by atoms with Crippen molar-refractivity contribution in [3.8, 4) is 0 Å². The van der Waals surface area contributed by atoms with Crippen LogP contribution in [0.1, 0.15) is 67.5 Å². The highest BCUT2D eigenvalue weighted by atomic mass is 35.5. The topological polar surface area (TPSA) is 58.6 Å². The molecule has 3 aliphatic heterocycles. The smallest absolute Gasteiger partial charge is 0.324 e. The number of benzene rings is 4. The summed E-state index contributed by atoms with van der Waals surface area (Å²) in [5.74, 6) is -2.42. The van der Waals surface area contributed by atoms with E-state index >= 15 is 4.39 Å². The van der Waals surface area contributed by atoms with E-state index in [4.69, 9.17) is 27.9 Å². The van der Waals surface area contributed by atoms with Gasteiger partial charge in [-0.25, -0.2) is 4.39 Å². The number of anilines is 1. The minimum Gasteiger partial charge on any atom is -0.454 e.